The molecule has 1 aliphatic heterocycles. The number of likely N-dealkylation sites (tertiary alicyclic amines) is 1. The number of carboxylic acids is 1. The quantitative estimate of drug-likeness (QED) is 0.867. The van der Waals surface area contributed by atoms with Crippen molar-refractivity contribution < 1.29 is 19.5 Å². The van der Waals surface area contributed by atoms with Gasteiger partial charge in [-0.2, -0.15) is 0 Å². The van der Waals surface area contributed by atoms with Crippen molar-refractivity contribution in [1.29, 1.82) is 0 Å². The number of hydrogen-bond acceptors (Lipinski definition) is 4. The Hall–Kier alpha value is -1.89. The number of amides is 2. The first-order valence-corrected chi connectivity index (χ1v) is 8.24. The van der Waals surface area contributed by atoms with Crippen molar-refractivity contribution in [3.8, 4) is 0 Å². The van der Waals surface area contributed by atoms with Crippen LogP contribution in [0.5, 0.6) is 0 Å². The molecule has 2 N–H and O–H groups in total. The molecule has 2 heterocycles. The average Bonchev–Trinajstić information content (AvgIpc) is 2.97. The standard InChI is InChI=1S/C15H20N2O4S/c1-2-4-13(18)16-10-5-3-8-17(9-10)14(19)11-6-7-12(22-11)15(20)21/h6-7,10H,2-5,8-9H2,1H3,(H,16,18)(H,20,21). The molecule has 7 heteroatoms. The summed E-state index contributed by atoms with van der Waals surface area (Å²) in [5.41, 5.74) is 0. The highest BCUT2D eigenvalue weighted by Crippen LogP contribution is 2.20. The van der Waals surface area contributed by atoms with Crippen LogP contribution in [0.4, 0.5) is 0 Å². The van der Waals surface area contributed by atoms with Crippen molar-refractivity contribution in [3.63, 3.8) is 0 Å². The zero-order valence-electron chi connectivity index (χ0n) is 12.5. The van der Waals surface area contributed by atoms with E-state index in [1.165, 1.54) is 6.07 Å². The summed E-state index contributed by atoms with van der Waals surface area (Å²) in [5, 5.41) is 11.9. The van der Waals surface area contributed by atoms with Crippen LogP contribution in [-0.2, 0) is 4.79 Å². The minimum Gasteiger partial charge on any atom is -0.477 e. The van der Waals surface area contributed by atoms with Crippen LogP contribution in [0.2, 0.25) is 0 Å². The molecule has 0 radical (unpaired) electrons. The Labute approximate surface area is 133 Å². The van der Waals surface area contributed by atoms with Gasteiger partial charge in [-0.25, -0.2) is 4.79 Å². The second-order valence-electron chi connectivity index (χ2n) is 5.38. The van der Waals surface area contributed by atoms with E-state index < -0.39 is 5.97 Å². The summed E-state index contributed by atoms with van der Waals surface area (Å²) in [6.07, 6.45) is 3.00. The molecular formula is C15H20N2O4S. The second-order valence-corrected chi connectivity index (χ2v) is 6.46. The monoisotopic (exact) mass is 324 g/mol. The summed E-state index contributed by atoms with van der Waals surface area (Å²) in [7, 11) is 0. The van der Waals surface area contributed by atoms with Crippen molar-refractivity contribution in [2.45, 2.75) is 38.6 Å². The topological polar surface area (TPSA) is 86.7 Å². The van der Waals surface area contributed by atoms with Gasteiger partial charge in [0.15, 0.2) is 0 Å². The maximum absolute atomic E-state index is 12.4. The number of nitrogens with one attached hydrogen (secondary N) is 1. The lowest BCUT2D eigenvalue weighted by molar-refractivity contribution is -0.122. The summed E-state index contributed by atoms with van der Waals surface area (Å²) >= 11 is 0.988. The predicted octanol–water partition coefficient (Wildman–Crippen LogP) is 1.97. The highest BCUT2D eigenvalue weighted by Gasteiger charge is 2.26. The van der Waals surface area contributed by atoms with Gasteiger partial charge in [0.05, 0.1) is 4.88 Å². The lowest BCUT2D eigenvalue weighted by Gasteiger charge is -2.33. The SMILES string of the molecule is CCCC(=O)NC1CCCN(C(=O)c2ccc(C(=O)O)s2)C1. The highest BCUT2D eigenvalue weighted by atomic mass is 32.1. The smallest absolute Gasteiger partial charge is 0.345 e. The third-order valence-corrected chi connectivity index (χ3v) is 4.64. The molecule has 0 spiro atoms. The fourth-order valence-electron chi connectivity index (χ4n) is 2.53. The van der Waals surface area contributed by atoms with Gasteiger partial charge in [-0.15, -0.1) is 11.3 Å². The Morgan fingerprint density at radius 1 is 1.36 bits per heavy atom. The molecule has 22 heavy (non-hydrogen) atoms. The predicted molar refractivity (Wildman–Crippen MR) is 83.3 cm³/mol. The van der Waals surface area contributed by atoms with Gasteiger partial charge in [0.1, 0.15) is 4.88 Å². The number of carboxylic acid groups (broad SMARTS) is 1. The number of hydrogen-bond donors (Lipinski definition) is 2. The Morgan fingerprint density at radius 2 is 2.09 bits per heavy atom. The van der Waals surface area contributed by atoms with Gasteiger partial charge in [-0.1, -0.05) is 6.92 Å². The first kappa shape index (κ1) is 16.5. The van der Waals surface area contributed by atoms with E-state index in [1.54, 1.807) is 11.0 Å². The Balaban J connectivity index is 1.97. The Kier molecular flexibility index (Phi) is 5.54. The molecule has 1 unspecified atom stereocenters. The van der Waals surface area contributed by atoms with E-state index >= 15 is 0 Å². The minimum atomic E-state index is -1.02. The number of rotatable bonds is 5. The molecule has 1 fully saturated rings. The molecule has 1 saturated heterocycles. The summed E-state index contributed by atoms with van der Waals surface area (Å²) in [4.78, 5) is 37.2. The average molecular weight is 324 g/mol. The maximum atomic E-state index is 12.4. The van der Waals surface area contributed by atoms with Crippen molar-refractivity contribution >= 4 is 29.1 Å². The zero-order chi connectivity index (χ0) is 16.1. The summed E-state index contributed by atoms with van der Waals surface area (Å²) in [6, 6.07) is 2.98. The van der Waals surface area contributed by atoms with Gasteiger partial charge in [-0.3, -0.25) is 9.59 Å². The largest absolute Gasteiger partial charge is 0.477 e. The fourth-order valence-corrected chi connectivity index (χ4v) is 3.34. The molecule has 120 valence electrons. The van der Waals surface area contributed by atoms with Crippen molar-refractivity contribution in [2.24, 2.45) is 0 Å². The van der Waals surface area contributed by atoms with Crippen LogP contribution in [-0.4, -0.2) is 46.9 Å². The van der Waals surface area contributed by atoms with E-state index in [1.807, 2.05) is 6.92 Å². The second kappa shape index (κ2) is 7.40. The molecule has 0 saturated carbocycles. The maximum Gasteiger partial charge on any atom is 0.345 e. The van der Waals surface area contributed by atoms with E-state index in [-0.39, 0.29) is 22.7 Å². The van der Waals surface area contributed by atoms with Gasteiger partial charge >= 0.3 is 5.97 Å². The summed E-state index contributed by atoms with van der Waals surface area (Å²) in [6.45, 7) is 3.07. The zero-order valence-corrected chi connectivity index (χ0v) is 13.3. The molecule has 1 atom stereocenters. The van der Waals surface area contributed by atoms with Crippen LogP contribution < -0.4 is 5.32 Å². The number of nitrogens with zero attached hydrogens (tertiary/aromatic N) is 1. The number of carbonyl (C=O) groups is 3. The normalized spacial score (nSPS) is 18.0. The van der Waals surface area contributed by atoms with E-state index in [9.17, 15) is 14.4 Å². The molecule has 2 amide bonds. The molecule has 1 aliphatic rings. The van der Waals surface area contributed by atoms with Gasteiger partial charge in [-0.05, 0) is 31.4 Å². The van der Waals surface area contributed by atoms with E-state index in [2.05, 4.69) is 5.32 Å². The molecule has 6 nitrogen and oxygen atoms in total. The molecule has 0 aliphatic carbocycles. The van der Waals surface area contributed by atoms with Crippen LogP contribution in [0.25, 0.3) is 0 Å². The van der Waals surface area contributed by atoms with E-state index in [4.69, 9.17) is 5.11 Å². The third kappa shape index (κ3) is 4.07. The van der Waals surface area contributed by atoms with Crippen LogP contribution in [0.3, 0.4) is 0 Å². The van der Waals surface area contributed by atoms with Crippen LogP contribution in [0.15, 0.2) is 12.1 Å². The van der Waals surface area contributed by atoms with Crippen LogP contribution in [0.1, 0.15) is 52.0 Å². The van der Waals surface area contributed by atoms with E-state index in [0.717, 1.165) is 30.6 Å². The van der Waals surface area contributed by atoms with Crippen molar-refractivity contribution in [1.82, 2.24) is 10.2 Å². The van der Waals surface area contributed by atoms with Crippen molar-refractivity contribution in [2.75, 3.05) is 13.1 Å². The minimum absolute atomic E-state index is 0.0179. The molecule has 0 bridgehead atoms. The molecule has 1 aromatic heterocycles. The highest BCUT2D eigenvalue weighted by molar-refractivity contribution is 7.15. The molecular weight excluding hydrogens is 304 g/mol. The van der Waals surface area contributed by atoms with Gasteiger partial charge in [0, 0.05) is 25.6 Å². The molecule has 2 rings (SSSR count). The number of aromatic carboxylic acids is 1. The lowest BCUT2D eigenvalue weighted by Crippen LogP contribution is -2.49. The third-order valence-electron chi connectivity index (χ3n) is 3.58. The summed E-state index contributed by atoms with van der Waals surface area (Å²) in [5.74, 6) is -1.16. The van der Waals surface area contributed by atoms with Crippen LogP contribution >= 0.6 is 11.3 Å². The van der Waals surface area contributed by atoms with Gasteiger partial charge in [0.25, 0.3) is 5.91 Å². The molecule has 0 aromatic carbocycles. The van der Waals surface area contributed by atoms with Gasteiger partial charge < -0.3 is 15.3 Å². The fraction of sp³-hybridized carbons (Fsp3) is 0.533. The molecule has 1 aromatic rings. The Morgan fingerprint density at radius 3 is 2.73 bits per heavy atom. The van der Waals surface area contributed by atoms with E-state index in [0.29, 0.717) is 24.4 Å². The number of carbonyl (C=O) groups excluding carboxylic acids is 2. The Bertz CT molecular complexity index is 570. The van der Waals surface area contributed by atoms with Crippen molar-refractivity contribution in [3.05, 3.63) is 21.9 Å². The first-order chi connectivity index (χ1) is 10.5. The van der Waals surface area contributed by atoms with Crippen LogP contribution in [0, 0.1) is 0 Å². The number of piperidine rings is 1. The summed E-state index contributed by atoms with van der Waals surface area (Å²) < 4.78 is 0. The number of thiophene rings is 1. The van der Waals surface area contributed by atoms with Gasteiger partial charge in [0.2, 0.25) is 5.91 Å². The first-order valence-electron chi connectivity index (χ1n) is 7.43. The lowest BCUT2D eigenvalue weighted by atomic mass is 10.1.